The highest BCUT2D eigenvalue weighted by Crippen LogP contribution is 2.11. The second-order valence-corrected chi connectivity index (χ2v) is 4.72. The van der Waals surface area contributed by atoms with Gasteiger partial charge in [-0.15, -0.1) is 0 Å². The molecule has 0 saturated heterocycles. The van der Waals surface area contributed by atoms with Crippen molar-refractivity contribution in [3.8, 4) is 0 Å². The molecule has 1 amide bonds. The molecule has 1 aromatic carbocycles. The maximum atomic E-state index is 12.0. The van der Waals surface area contributed by atoms with Gasteiger partial charge in [-0.25, -0.2) is 4.79 Å². The Morgan fingerprint density at radius 2 is 1.83 bits per heavy atom. The summed E-state index contributed by atoms with van der Waals surface area (Å²) in [5.41, 5.74) is 1.30. The minimum absolute atomic E-state index is 0.102. The molecule has 2 rings (SSSR count). The highest BCUT2D eigenvalue weighted by Gasteiger charge is 2.12. The number of esters is 1. The largest absolute Gasteiger partial charge is 0.454 e. The molecule has 0 radical (unpaired) electrons. The van der Waals surface area contributed by atoms with Crippen LogP contribution in [0.15, 0.2) is 48.8 Å². The van der Waals surface area contributed by atoms with Crippen molar-refractivity contribution in [3.05, 3.63) is 59.9 Å². The number of amides is 1. The lowest BCUT2D eigenvalue weighted by atomic mass is 10.1. The first-order valence-corrected chi connectivity index (χ1v) is 7.10. The lowest BCUT2D eigenvalue weighted by molar-refractivity contribution is -0.115. The first-order chi connectivity index (χ1) is 11.1. The van der Waals surface area contributed by atoms with Gasteiger partial charge >= 0.3 is 5.97 Å². The molecule has 118 valence electrons. The van der Waals surface area contributed by atoms with Crippen molar-refractivity contribution in [2.24, 2.45) is 0 Å². The van der Waals surface area contributed by atoms with Crippen LogP contribution < -0.4 is 5.32 Å². The van der Waals surface area contributed by atoms with E-state index in [4.69, 9.17) is 4.74 Å². The predicted molar refractivity (Wildman–Crippen MR) is 84.2 cm³/mol. The fourth-order valence-electron chi connectivity index (χ4n) is 1.77. The Morgan fingerprint density at radius 3 is 2.43 bits per heavy atom. The average molecular weight is 312 g/mol. The summed E-state index contributed by atoms with van der Waals surface area (Å²) in [6, 6.07) is 9.58. The van der Waals surface area contributed by atoms with Crippen molar-refractivity contribution in [1.29, 1.82) is 0 Å². The van der Waals surface area contributed by atoms with Gasteiger partial charge in [0.25, 0.3) is 0 Å². The number of Topliss-reactive ketones (excluding diaryl/α,β-unsaturated/α-hetero) is 1. The smallest absolute Gasteiger partial charge is 0.340 e. The van der Waals surface area contributed by atoms with E-state index in [-0.39, 0.29) is 23.9 Å². The van der Waals surface area contributed by atoms with Crippen LogP contribution in [0, 0.1) is 0 Å². The summed E-state index contributed by atoms with van der Waals surface area (Å²) in [4.78, 5) is 38.8. The van der Waals surface area contributed by atoms with Gasteiger partial charge in [0, 0.05) is 30.1 Å². The second-order valence-electron chi connectivity index (χ2n) is 4.72. The minimum Gasteiger partial charge on any atom is -0.454 e. The fraction of sp³-hybridized carbons (Fsp3) is 0.176. The second kappa shape index (κ2) is 7.84. The summed E-state index contributed by atoms with van der Waals surface area (Å²) in [6.45, 7) is 1.40. The van der Waals surface area contributed by atoms with Crippen LogP contribution in [0.2, 0.25) is 0 Å². The van der Waals surface area contributed by atoms with Gasteiger partial charge in [-0.2, -0.15) is 0 Å². The summed E-state index contributed by atoms with van der Waals surface area (Å²) >= 11 is 0. The third-order valence-electron chi connectivity index (χ3n) is 3.04. The lowest BCUT2D eigenvalue weighted by Crippen LogP contribution is -2.14. The van der Waals surface area contributed by atoms with Gasteiger partial charge < -0.3 is 10.1 Å². The molecule has 6 heteroatoms. The number of hydrogen-bond acceptors (Lipinski definition) is 5. The summed E-state index contributed by atoms with van der Waals surface area (Å²) in [7, 11) is 0. The van der Waals surface area contributed by atoms with E-state index in [1.54, 1.807) is 49.5 Å². The molecule has 0 unspecified atom stereocenters. The highest BCUT2D eigenvalue weighted by atomic mass is 16.5. The molecule has 0 bridgehead atoms. The topological polar surface area (TPSA) is 85.4 Å². The average Bonchev–Trinajstić information content (AvgIpc) is 2.60. The molecule has 1 heterocycles. The Hall–Kier alpha value is -3.02. The third kappa shape index (κ3) is 4.74. The maximum absolute atomic E-state index is 12.0. The molecule has 0 aliphatic rings. The van der Waals surface area contributed by atoms with Gasteiger partial charge in [-0.3, -0.25) is 14.6 Å². The van der Waals surface area contributed by atoms with E-state index >= 15 is 0 Å². The van der Waals surface area contributed by atoms with Crippen molar-refractivity contribution >= 4 is 23.3 Å². The van der Waals surface area contributed by atoms with E-state index in [9.17, 15) is 14.4 Å². The molecule has 23 heavy (non-hydrogen) atoms. The van der Waals surface area contributed by atoms with E-state index in [2.05, 4.69) is 10.3 Å². The number of anilines is 1. The Kier molecular flexibility index (Phi) is 5.57. The van der Waals surface area contributed by atoms with E-state index in [0.29, 0.717) is 17.7 Å². The number of ether oxygens (including phenoxy) is 1. The molecule has 0 saturated carbocycles. The standard InChI is InChI=1S/C17H16N2O4/c1-2-16(21)19-14-7-5-12(6-8-14)15(20)11-23-17(22)13-4-3-9-18-10-13/h3-10H,2,11H2,1H3,(H,19,21). The van der Waals surface area contributed by atoms with Gasteiger partial charge in [0.15, 0.2) is 12.4 Å². The number of nitrogens with zero attached hydrogens (tertiary/aromatic N) is 1. The number of rotatable bonds is 6. The molecular formula is C17H16N2O4. The molecule has 0 atom stereocenters. The van der Waals surface area contributed by atoms with E-state index in [1.165, 1.54) is 6.20 Å². The van der Waals surface area contributed by atoms with Crippen LogP contribution in [0.3, 0.4) is 0 Å². The van der Waals surface area contributed by atoms with Crippen molar-refractivity contribution in [2.75, 3.05) is 11.9 Å². The first kappa shape index (κ1) is 16.4. The first-order valence-electron chi connectivity index (χ1n) is 7.10. The van der Waals surface area contributed by atoms with Gasteiger partial charge in [-0.05, 0) is 36.4 Å². The van der Waals surface area contributed by atoms with E-state index < -0.39 is 5.97 Å². The van der Waals surface area contributed by atoms with Gasteiger partial charge in [-0.1, -0.05) is 6.92 Å². The minimum atomic E-state index is -0.599. The Morgan fingerprint density at radius 1 is 1.09 bits per heavy atom. The monoisotopic (exact) mass is 312 g/mol. The number of carbonyl (C=O) groups excluding carboxylic acids is 3. The van der Waals surface area contributed by atoms with Crippen molar-refractivity contribution in [3.63, 3.8) is 0 Å². The third-order valence-corrected chi connectivity index (χ3v) is 3.04. The number of ketones is 1. The number of hydrogen-bond donors (Lipinski definition) is 1. The highest BCUT2D eigenvalue weighted by molar-refractivity contribution is 6.00. The SMILES string of the molecule is CCC(=O)Nc1ccc(C(=O)COC(=O)c2cccnc2)cc1. The fourth-order valence-corrected chi connectivity index (χ4v) is 1.77. The van der Waals surface area contributed by atoms with Crippen molar-refractivity contribution < 1.29 is 19.1 Å². The number of nitrogens with one attached hydrogen (secondary N) is 1. The number of benzene rings is 1. The summed E-state index contributed by atoms with van der Waals surface area (Å²) in [5.74, 6) is -1.02. The van der Waals surface area contributed by atoms with Crippen LogP contribution in [0.25, 0.3) is 0 Å². The number of carbonyl (C=O) groups is 3. The molecule has 6 nitrogen and oxygen atoms in total. The normalized spacial score (nSPS) is 9.96. The Bertz CT molecular complexity index is 696. The quantitative estimate of drug-likeness (QED) is 0.654. The number of aromatic nitrogens is 1. The van der Waals surface area contributed by atoms with Gasteiger partial charge in [0.05, 0.1) is 5.56 Å². The van der Waals surface area contributed by atoms with Crippen LogP contribution in [0.4, 0.5) is 5.69 Å². The molecule has 2 aromatic rings. The van der Waals surface area contributed by atoms with E-state index in [0.717, 1.165) is 0 Å². The van der Waals surface area contributed by atoms with Crippen LogP contribution >= 0.6 is 0 Å². The molecule has 0 fully saturated rings. The Labute approximate surface area is 133 Å². The van der Waals surface area contributed by atoms with Gasteiger partial charge in [0.2, 0.25) is 5.91 Å². The van der Waals surface area contributed by atoms with Crippen molar-refractivity contribution in [1.82, 2.24) is 4.98 Å². The molecule has 0 aliphatic heterocycles. The molecule has 1 N–H and O–H groups in total. The zero-order valence-electron chi connectivity index (χ0n) is 12.6. The van der Waals surface area contributed by atoms with Crippen LogP contribution in [0.1, 0.15) is 34.1 Å². The summed E-state index contributed by atoms with van der Waals surface area (Å²) in [5, 5.41) is 2.69. The van der Waals surface area contributed by atoms with Gasteiger partial charge in [0.1, 0.15) is 0 Å². The maximum Gasteiger partial charge on any atom is 0.340 e. The molecule has 0 spiro atoms. The van der Waals surface area contributed by atoms with E-state index in [1.807, 2.05) is 0 Å². The lowest BCUT2D eigenvalue weighted by Gasteiger charge is -2.06. The molecule has 1 aromatic heterocycles. The van der Waals surface area contributed by atoms with Crippen LogP contribution in [-0.4, -0.2) is 29.3 Å². The zero-order valence-corrected chi connectivity index (χ0v) is 12.6. The summed E-state index contributed by atoms with van der Waals surface area (Å²) in [6.07, 6.45) is 3.30. The van der Waals surface area contributed by atoms with Crippen LogP contribution in [-0.2, 0) is 9.53 Å². The predicted octanol–water partition coefficient (Wildman–Crippen LogP) is 2.47. The Balaban J connectivity index is 1.91. The summed E-state index contributed by atoms with van der Waals surface area (Å²) < 4.78 is 4.96. The number of pyridine rings is 1. The van der Waals surface area contributed by atoms with Crippen LogP contribution in [0.5, 0.6) is 0 Å². The molecular weight excluding hydrogens is 296 g/mol. The zero-order chi connectivity index (χ0) is 16.7. The van der Waals surface area contributed by atoms with Crippen molar-refractivity contribution in [2.45, 2.75) is 13.3 Å². The molecule has 0 aliphatic carbocycles.